The first-order chi connectivity index (χ1) is 20.2. The van der Waals surface area contributed by atoms with Crippen molar-refractivity contribution in [2.24, 2.45) is 0 Å². The highest BCUT2D eigenvalue weighted by Crippen LogP contribution is 2.46. The lowest BCUT2D eigenvalue weighted by Gasteiger charge is -2.27. The highest BCUT2D eigenvalue weighted by molar-refractivity contribution is 6.34. The van der Waals surface area contributed by atoms with E-state index in [0.29, 0.717) is 46.1 Å². The number of nitrogens with zero attached hydrogens (tertiary/aromatic N) is 2. The number of Topliss-reactive ketones (excluding diaryl/α,β-unsaturated/α-hetero) is 1. The molecule has 0 aliphatic carbocycles. The topological polar surface area (TPSA) is 73.9 Å². The Kier molecular flexibility index (Phi) is 10.1. The summed E-state index contributed by atoms with van der Waals surface area (Å²) >= 11 is 6.72. The number of ketones is 1. The third-order valence-electron chi connectivity index (χ3n) is 7.93. The lowest BCUT2D eigenvalue weighted by Crippen LogP contribution is -2.17. The molecule has 0 aliphatic heterocycles. The second kappa shape index (κ2) is 13.7. The number of unbranched alkanes of at least 4 members (excludes halogenated alkanes) is 2. The molecule has 0 amide bonds. The van der Waals surface area contributed by atoms with Crippen molar-refractivity contribution in [3.05, 3.63) is 94.0 Å². The summed E-state index contributed by atoms with van der Waals surface area (Å²) in [5.74, 6) is 1.48. The van der Waals surface area contributed by atoms with E-state index >= 15 is 0 Å². The lowest BCUT2D eigenvalue weighted by atomic mass is 9.78. The van der Waals surface area contributed by atoms with Gasteiger partial charge >= 0.3 is 0 Å². The van der Waals surface area contributed by atoms with E-state index in [1.165, 1.54) is 0 Å². The van der Waals surface area contributed by atoms with Gasteiger partial charge in [-0.3, -0.25) is 0 Å². The largest absolute Gasteiger partial charge is 0.456 e. The average Bonchev–Trinajstić information content (AvgIpc) is 2.97. The molecule has 0 aliphatic rings. The fraction of sp³-hybridized carbons (Fsp3) is 0.324. The van der Waals surface area contributed by atoms with Gasteiger partial charge in [0.15, 0.2) is 0 Å². The minimum absolute atomic E-state index is 0.145. The molecule has 0 aromatic heterocycles. The van der Waals surface area contributed by atoms with Crippen molar-refractivity contribution in [2.75, 3.05) is 0 Å². The Hall–Kier alpha value is -4.12. The van der Waals surface area contributed by atoms with Crippen LogP contribution in [-0.2, 0) is 16.6 Å². The summed E-state index contributed by atoms with van der Waals surface area (Å²) in [6.45, 7) is 8.30. The Labute approximate surface area is 254 Å². The molecule has 0 unspecified atom stereocenters. The molecule has 0 atom stereocenters. The number of carbonyl (C=O) groups is 1. The molecule has 42 heavy (non-hydrogen) atoms. The molecule has 214 valence electrons. The SMILES string of the molecule is CCCCCC(C)(C)c1cc(Oc2ccccc2CCCC(C)=O)c2c(-c3ccccc3Cl)c(C#N)c(C#N)cc2c1. The molecule has 4 nitrogen and oxygen atoms in total. The van der Waals surface area contributed by atoms with Crippen LogP contribution in [0.3, 0.4) is 0 Å². The number of hydrogen-bond donors (Lipinski definition) is 0. The molecular weight excluding hydrogens is 540 g/mol. The van der Waals surface area contributed by atoms with E-state index in [0.717, 1.165) is 54.0 Å². The van der Waals surface area contributed by atoms with Gasteiger partial charge in [-0.2, -0.15) is 10.5 Å². The standard InChI is InChI=1S/C37H37ClN2O2/c1-5-6-11-19-37(3,4)29-21-27-20-28(23-39)31(24-40)36(30-16-8-9-17-32(30)38)35(27)34(22-29)42-33-18-10-7-14-26(33)15-12-13-25(2)41/h7-10,14,16-18,20-22H,5-6,11-13,15,19H2,1-4H3. The summed E-state index contributed by atoms with van der Waals surface area (Å²) in [5.41, 5.74) is 3.81. The van der Waals surface area contributed by atoms with Crippen LogP contribution in [0, 0.1) is 22.7 Å². The third kappa shape index (κ3) is 6.84. The first kappa shape index (κ1) is 30.8. The quantitative estimate of drug-likeness (QED) is 0.157. The van der Waals surface area contributed by atoms with E-state index in [2.05, 4.69) is 45.0 Å². The fourth-order valence-electron chi connectivity index (χ4n) is 5.53. The predicted molar refractivity (Wildman–Crippen MR) is 171 cm³/mol. The second-order valence-electron chi connectivity index (χ2n) is 11.6. The van der Waals surface area contributed by atoms with Gasteiger partial charge in [0.05, 0.1) is 11.1 Å². The van der Waals surface area contributed by atoms with Crippen LogP contribution >= 0.6 is 11.6 Å². The number of rotatable bonds is 12. The number of carbonyl (C=O) groups excluding carboxylic acids is 1. The van der Waals surface area contributed by atoms with Crippen molar-refractivity contribution >= 4 is 28.2 Å². The van der Waals surface area contributed by atoms with E-state index < -0.39 is 0 Å². The highest BCUT2D eigenvalue weighted by Gasteiger charge is 2.26. The van der Waals surface area contributed by atoms with Gasteiger partial charge in [0.1, 0.15) is 29.4 Å². The normalized spacial score (nSPS) is 11.2. The van der Waals surface area contributed by atoms with Gasteiger partial charge < -0.3 is 9.53 Å². The van der Waals surface area contributed by atoms with Gasteiger partial charge in [0, 0.05) is 28.0 Å². The third-order valence-corrected chi connectivity index (χ3v) is 8.26. The lowest BCUT2D eigenvalue weighted by molar-refractivity contribution is -0.117. The zero-order valence-corrected chi connectivity index (χ0v) is 25.6. The number of hydrogen-bond acceptors (Lipinski definition) is 4. The molecule has 0 saturated heterocycles. The van der Waals surface area contributed by atoms with Gasteiger partial charge in [0.2, 0.25) is 0 Å². The van der Waals surface area contributed by atoms with Crippen LogP contribution in [0.15, 0.2) is 66.7 Å². The Morgan fingerprint density at radius 2 is 1.67 bits per heavy atom. The number of benzene rings is 4. The summed E-state index contributed by atoms with van der Waals surface area (Å²) in [6.07, 6.45) is 6.37. The smallest absolute Gasteiger partial charge is 0.136 e. The molecule has 4 aromatic carbocycles. The van der Waals surface area contributed by atoms with Gasteiger partial charge in [-0.25, -0.2) is 0 Å². The average molecular weight is 577 g/mol. The van der Waals surface area contributed by atoms with Crippen molar-refractivity contribution in [1.29, 1.82) is 10.5 Å². The predicted octanol–water partition coefficient (Wildman–Crippen LogP) is 10.5. The van der Waals surface area contributed by atoms with Crippen LogP contribution in [0.25, 0.3) is 21.9 Å². The number of ether oxygens (including phenoxy) is 1. The molecule has 0 spiro atoms. The zero-order valence-electron chi connectivity index (χ0n) is 24.9. The maximum absolute atomic E-state index is 11.6. The van der Waals surface area contributed by atoms with Crippen LogP contribution in [0.2, 0.25) is 5.02 Å². The molecule has 0 radical (unpaired) electrons. The van der Waals surface area contributed by atoms with Crippen molar-refractivity contribution in [3.63, 3.8) is 0 Å². The maximum atomic E-state index is 11.6. The summed E-state index contributed by atoms with van der Waals surface area (Å²) in [4.78, 5) is 11.6. The zero-order chi connectivity index (χ0) is 30.3. The molecule has 4 aromatic rings. The van der Waals surface area contributed by atoms with Gasteiger partial charge in [0.25, 0.3) is 0 Å². The van der Waals surface area contributed by atoms with Crippen molar-refractivity contribution in [1.82, 2.24) is 0 Å². The molecule has 0 N–H and O–H groups in total. The molecule has 5 heteroatoms. The van der Waals surface area contributed by atoms with Gasteiger partial charge in [-0.05, 0) is 72.4 Å². The Morgan fingerprint density at radius 3 is 2.36 bits per heavy atom. The summed E-state index contributed by atoms with van der Waals surface area (Å²) in [6, 6.07) is 25.8. The minimum atomic E-state index is -0.145. The van der Waals surface area contributed by atoms with Crippen LogP contribution in [0.1, 0.15) is 88.5 Å². The monoisotopic (exact) mass is 576 g/mol. The molecule has 4 rings (SSSR count). The number of para-hydroxylation sites is 1. The van der Waals surface area contributed by atoms with E-state index in [9.17, 15) is 15.3 Å². The number of halogens is 1. The van der Waals surface area contributed by atoms with E-state index in [1.54, 1.807) is 19.1 Å². The number of fused-ring (bicyclic) bond motifs is 1. The van der Waals surface area contributed by atoms with Crippen LogP contribution < -0.4 is 4.74 Å². The van der Waals surface area contributed by atoms with E-state index in [-0.39, 0.29) is 16.8 Å². The summed E-state index contributed by atoms with van der Waals surface area (Å²) in [5, 5.41) is 22.5. The van der Waals surface area contributed by atoms with E-state index in [4.69, 9.17) is 16.3 Å². The fourth-order valence-corrected chi connectivity index (χ4v) is 5.76. The Bertz CT molecular complexity index is 1690. The van der Waals surface area contributed by atoms with Crippen LogP contribution in [0.4, 0.5) is 0 Å². The van der Waals surface area contributed by atoms with Gasteiger partial charge in [-0.1, -0.05) is 94.1 Å². The number of aryl methyl sites for hydroxylation is 1. The molecule has 0 heterocycles. The first-order valence-corrected chi connectivity index (χ1v) is 15.0. The van der Waals surface area contributed by atoms with Crippen molar-refractivity contribution in [2.45, 2.75) is 78.1 Å². The maximum Gasteiger partial charge on any atom is 0.136 e. The molecular formula is C37H37ClN2O2. The second-order valence-corrected chi connectivity index (χ2v) is 12.0. The molecule has 0 fully saturated rings. The van der Waals surface area contributed by atoms with Crippen LogP contribution in [0.5, 0.6) is 11.5 Å². The van der Waals surface area contributed by atoms with E-state index in [1.807, 2.05) is 42.5 Å². The number of nitriles is 2. The molecule has 0 saturated carbocycles. The van der Waals surface area contributed by atoms with Crippen LogP contribution in [-0.4, -0.2) is 5.78 Å². The summed E-state index contributed by atoms with van der Waals surface area (Å²) < 4.78 is 6.80. The minimum Gasteiger partial charge on any atom is -0.456 e. The van der Waals surface area contributed by atoms with Gasteiger partial charge in [-0.15, -0.1) is 0 Å². The summed E-state index contributed by atoms with van der Waals surface area (Å²) in [7, 11) is 0. The molecule has 0 bridgehead atoms. The van der Waals surface area contributed by atoms with Crippen molar-refractivity contribution < 1.29 is 9.53 Å². The highest BCUT2D eigenvalue weighted by atomic mass is 35.5. The Balaban J connectivity index is 2.02. The first-order valence-electron chi connectivity index (χ1n) is 14.7. The van der Waals surface area contributed by atoms with Crippen molar-refractivity contribution in [3.8, 4) is 34.8 Å². The Morgan fingerprint density at radius 1 is 0.929 bits per heavy atom.